The van der Waals surface area contributed by atoms with Gasteiger partial charge < -0.3 is 9.47 Å². The Kier molecular flexibility index (Phi) is 3.14. The van der Waals surface area contributed by atoms with Gasteiger partial charge in [0.15, 0.2) is 0 Å². The van der Waals surface area contributed by atoms with Gasteiger partial charge in [0, 0.05) is 17.5 Å². The molecule has 1 aromatic carbocycles. The van der Waals surface area contributed by atoms with E-state index in [2.05, 4.69) is 11.8 Å². The predicted octanol–water partition coefficient (Wildman–Crippen LogP) is 1.55. The van der Waals surface area contributed by atoms with E-state index < -0.39 is 12.3 Å². The van der Waals surface area contributed by atoms with Gasteiger partial charge in [0.2, 0.25) is 6.29 Å². The SMILES string of the molecule is C#Cc1cc(C#C)cc(C(=O)OC2CCO2)c1. The number of esters is 1. The zero-order valence-electron chi connectivity index (χ0n) is 9.10. The molecule has 2 rings (SSSR count). The Morgan fingerprint density at radius 1 is 1.29 bits per heavy atom. The van der Waals surface area contributed by atoms with Crippen LogP contribution in [0.4, 0.5) is 0 Å². The Morgan fingerprint density at radius 3 is 2.29 bits per heavy atom. The molecule has 1 fully saturated rings. The van der Waals surface area contributed by atoms with Gasteiger partial charge in [0.1, 0.15) is 0 Å². The highest BCUT2D eigenvalue weighted by Crippen LogP contribution is 2.16. The monoisotopic (exact) mass is 226 g/mol. The van der Waals surface area contributed by atoms with Gasteiger partial charge in [-0.2, -0.15) is 0 Å². The Bertz CT molecular complexity index is 495. The summed E-state index contributed by atoms with van der Waals surface area (Å²) in [4.78, 5) is 11.7. The highest BCUT2D eigenvalue weighted by Gasteiger charge is 2.23. The van der Waals surface area contributed by atoms with Gasteiger partial charge in [-0.25, -0.2) is 4.79 Å². The van der Waals surface area contributed by atoms with E-state index in [-0.39, 0.29) is 0 Å². The van der Waals surface area contributed by atoms with Gasteiger partial charge in [-0.05, 0) is 18.2 Å². The third-order valence-corrected chi connectivity index (χ3v) is 2.40. The molecule has 0 spiro atoms. The molecular weight excluding hydrogens is 216 g/mol. The topological polar surface area (TPSA) is 35.5 Å². The van der Waals surface area contributed by atoms with Crippen LogP contribution in [0.5, 0.6) is 0 Å². The molecule has 0 amide bonds. The first kappa shape index (κ1) is 11.3. The summed E-state index contributed by atoms with van der Waals surface area (Å²) in [6, 6.07) is 4.81. The summed E-state index contributed by atoms with van der Waals surface area (Å²) in [5.74, 6) is 4.42. The van der Waals surface area contributed by atoms with Crippen LogP contribution in [0, 0.1) is 24.7 Å². The van der Waals surface area contributed by atoms with Crippen LogP contribution in [0.15, 0.2) is 18.2 Å². The summed E-state index contributed by atoms with van der Waals surface area (Å²) in [7, 11) is 0. The first-order valence-electron chi connectivity index (χ1n) is 5.14. The van der Waals surface area contributed by atoms with Gasteiger partial charge in [0.25, 0.3) is 0 Å². The smallest absolute Gasteiger partial charge is 0.340 e. The Balaban J connectivity index is 2.22. The molecule has 1 unspecified atom stereocenters. The van der Waals surface area contributed by atoms with E-state index in [1.165, 1.54) is 0 Å². The number of hydrogen-bond donors (Lipinski definition) is 0. The molecule has 1 aliphatic heterocycles. The largest absolute Gasteiger partial charge is 0.432 e. The van der Waals surface area contributed by atoms with E-state index in [0.29, 0.717) is 23.3 Å². The molecule has 1 saturated heterocycles. The first-order chi connectivity index (χ1) is 8.22. The molecule has 84 valence electrons. The molecular formula is C14H10O3. The quantitative estimate of drug-likeness (QED) is 0.567. The standard InChI is InChI=1S/C14H10O3/c1-3-10-7-11(4-2)9-12(8-10)14(15)17-13-5-6-16-13/h1-2,7-9,13H,5-6H2. The summed E-state index contributed by atoms with van der Waals surface area (Å²) >= 11 is 0. The summed E-state index contributed by atoms with van der Waals surface area (Å²) < 4.78 is 10.1. The number of carbonyl (C=O) groups excluding carboxylic acids is 1. The average Bonchev–Trinajstić information content (AvgIpc) is 2.32. The molecule has 0 radical (unpaired) electrons. The highest BCUT2D eigenvalue weighted by atomic mass is 16.7. The minimum atomic E-state index is -0.469. The number of benzene rings is 1. The lowest BCUT2D eigenvalue weighted by molar-refractivity contribution is -0.184. The van der Waals surface area contributed by atoms with Crippen molar-refractivity contribution in [2.24, 2.45) is 0 Å². The molecule has 1 aliphatic rings. The van der Waals surface area contributed by atoms with Crippen LogP contribution < -0.4 is 0 Å². The lowest BCUT2D eigenvalue weighted by atomic mass is 10.1. The van der Waals surface area contributed by atoms with E-state index in [1.54, 1.807) is 18.2 Å². The van der Waals surface area contributed by atoms with Crippen molar-refractivity contribution < 1.29 is 14.3 Å². The van der Waals surface area contributed by atoms with Crippen LogP contribution in [-0.2, 0) is 9.47 Å². The number of ether oxygens (including phenoxy) is 2. The van der Waals surface area contributed by atoms with Crippen molar-refractivity contribution in [1.82, 2.24) is 0 Å². The summed E-state index contributed by atoms with van der Waals surface area (Å²) in [5, 5.41) is 0. The van der Waals surface area contributed by atoms with Crippen LogP contribution in [0.25, 0.3) is 0 Å². The fourth-order valence-corrected chi connectivity index (χ4v) is 1.41. The van der Waals surface area contributed by atoms with Crippen molar-refractivity contribution in [1.29, 1.82) is 0 Å². The molecule has 3 nitrogen and oxygen atoms in total. The maximum atomic E-state index is 11.7. The van der Waals surface area contributed by atoms with Crippen molar-refractivity contribution in [2.75, 3.05) is 6.61 Å². The van der Waals surface area contributed by atoms with Gasteiger partial charge in [-0.1, -0.05) is 11.8 Å². The van der Waals surface area contributed by atoms with Gasteiger partial charge >= 0.3 is 5.97 Å². The second-order valence-corrected chi connectivity index (χ2v) is 3.58. The molecule has 0 saturated carbocycles. The molecule has 0 aliphatic carbocycles. The predicted molar refractivity (Wildman–Crippen MR) is 62.1 cm³/mol. The van der Waals surface area contributed by atoms with Gasteiger partial charge in [0.05, 0.1) is 12.2 Å². The van der Waals surface area contributed by atoms with Crippen LogP contribution in [0.3, 0.4) is 0 Å². The molecule has 17 heavy (non-hydrogen) atoms. The number of terminal acetylenes is 2. The van der Waals surface area contributed by atoms with Crippen molar-refractivity contribution in [3.05, 3.63) is 34.9 Å². The maximum absolute atomic E-state index is 11.7. The average molecular weight is 226 g/mol. The number of carbonyl (C=O) groups is 1. The zero-order valence-corrected chi connectivity index (χ0v) is 9.10. The van der Waals surface area contributed by atoms with Crippen LogP contribution >= 0.6 is 0 Å². The lowest BCUT2D eigenvalue weighted by Gasteiger charge is -2.25. The zero-order chi connectivity index (χ0) is 12.3. The second kappa shape index (κ2) is 4.74. The van der Waals surface area contributed by atoms with Crippen LogP contribution in [0.2, 0.25) is 0 Å². The van der Waals surface area contributed by atoms with Crippen molar-refractivity contribution in [2.45, 2.75) is 12.7 Å². The van der Waals surface area contributed by atoms with Gasteiger partial charge in [-0.15, -0.1) is 12.8 Å². The van der Waals surface area contributed by atoms with Crippen LogP contribution in [0.1, 0.15) is 27.9 Å². The van der Waals surface area contributed by atoms with Crippen LogP contribution in [-0.4, -0.2) is 18.9 Å². The molecule has 1 aromatic rings. The molecule has 0 bridgehead atoms. The molecule has 0 aromatic heterocycles. The molecule has 1 atom stereocenters. The van der Waals surface area contributed by atoms with Crippen molar-refractivity contribution in [3.8, 4) is 24.7 Å². The minimum Gasteiger partial charge on any atom is -0.432 e. The van der Waals surface area contributed by atoms with E-state index in [0.717, 1.165) is 6.42 Å². The molecule has 3 heteroatoms. The van der Waals surface area contributed by atoms with E-state index in [9.17, 15) is 4.79 Å². The highest BCUT2D eigenvalue weighted by molar-refractivity contribution is 5.90. The number of hydrogen-bond acceptors (Lipinski definition) is 3. The fraction of sp³-hybridized carbons (Fsp3) is 0.214. The summed E-state index contributed by atoms with van der Waals surface area (Å²) in [5.41, 5.74) is 1.47. The van der Waals surface area contributed by atoms with E-state index in [4.69, 9.17) is 22.3 Å². The molecule has 0 N–H and O–H groups in total. The Morgan fingerprint density at radius 2 is 1.88 bits per heavy atom. The second-order valence-electron chi connectivity index (χ2n) is 3.58. The van der Waals surface area contributed by atoms with Crippen molar-refractivity contribution >= 4 is 5.97 Å². The van der Waals surface area contributed by atoms with Gasteiger partial charge in [-0.3, -0.25) is 0 Å². The Hall–Kier alpha value is -2.23. The van der Waals surface area contributed by atoms with E-state index >= 15 is 0 Å². The lowest BCUT2D eigenvalue weighted by Crippen LogP contribution is -2.31. The fourth-order valence-electron chi connectivity index (χ4n) is 1.41. The summed E-state index contributed by atoms with van der Waals surface area (Å²) in [6.07, 6.45) is 10.9. The normalized spacial score (nSPS) is 17.4. The van der Waals surface area contributed by atoms with Crippen molar-refractivity contribution in [3.63, 3.8) is 0 Å². The minimum absolute atomic E-state index is 0.351. The first-order valence-corrected chi connectivity index (χ1v) is 5.14. The third kappa shape index (κ3) is 2.47. The Labute approximate surface area is 99.7 Å². The molecule has 1 heterocycles. The maximum Gasteiger partial charge on any atom is 0.340 e. The van der Waals surface area contributed by atoms with E-state index in [1.807, 2.05) is 0 Å². The third-order valence-electron chi connectivity index (χ3n) is 2.40. The number of rotatable bonds is 2. The summed E-state index contributed by atoms with van der Waals surface area (Å²) in [6.45, 7) is 0.623.